The Morgan fingerprint density at radius 1 is 1.06 bits per heavy atom. The Morgan fingerprint density at radius 3 is 2.43 bits per heavy atom. The molecule has 1 aliphatic rings. The fourth-order valence-electron chi connectivity index (χ4n) is 4.33. The van der Waals surface area contributed by atoms with Gasteiger partial charge in [0.15, 0.2) is 0 Å². The third-order valence-corrected chi connectivity index (χ3v) is 6.40. The Balaban J connectivity index is 2.02. The molecule has 2 aromatic carbocycles. The van der Waals surface area contributed by atoms with Gasteiger partial charge < -0.3 is 19.6 Å². The first kappa shape index (κ1) is 26.4. The molecule has 1 amide bonds. The largest absolute Gasteiger partial charge is 0.507 e. The highest BCUT2D eigenvalue weighted by molar-refractivity contribution is 6.46. The molecule has 35 heavy (non-hydrogen) atoms. The second-order valence-corrected chi connectivity index (χ2v) is 8.65. The Morgan fingerprint density at radius 2 is 1.77 bits per heavy atom. The van der Waals surface area contributed by atoms with Crippen molar-refractivity contribution in [3.63, 3.8) is 0 Å². The minimum Gasteiger partial charge on any atom is -0.507 e. The smallest absolute Gasteiger partial charge is 0.295 e. The van der Waals surface area contributed by atoms with E-state index in [4.69, 9.17) is 4.74 Å². The van der Waals surface area contributed by atoms with Crippen LogP contribution < -0.4 is 4.74 Å². The van der Waals surface area contributed by atoms with Crippen LogP contribution in [-0.2, 0) is 9.59 Å². The highest BCUT2D eigenvalue weighted by atomic mass is 19.1. The van der Waals surface area contributed by atoms with Gasteiger partial charge in [-0.25, -0.2) is 4.39 Å². The van der Waals surface area contributed by atoms with E-state index in [-0.39, 0.29) is 16.9 Å². The molecule has 0 saturated carbocycles. The highest BCUT2D eigenvalue weighted by Crippen LogP contribution is 2.40. The topological polar surface area (TPSA) is 70.1 Å². The van der Waals surface area contributed by atoms with E-state index in [9.17, 15) is 19.1 Å². The first-order chi connectivity index (χ1) is 16.9. The van der Waals surface area contributed by atoms with Gasteiger partial charge in [-0.1, -0.05) is 45.7 Å². The van der Waals surface area contributed by atoms with Gasteiger partial charge in [0.2, 0.25) is 0 Å². The fourth-order valence-corrected chi connectivity index (χ4v) is 4.33. The van der Waals surface area contributed by atoms with Crippen LogP contribution in [0.3, 0.4) is 0 Å². The molecule has 7 heteroatoms. The first-order valence-electron chi connectivity index (χ1n) is 12.4. The lowest BCUT2D eigenvalue weighted by molar-refractivity contribution is -0.140. The number of unbranched alkanes of at least 4 members (excludes halogenated alkanes) is 2. The van der Waals surface area contributed by atoms with Gasteiger partial charge in [0, 0.05) is 18.7 Å². The van der Waals surface area contributed by atoms with Crippen LogP contribution in [0, 0.1) is 5.82 Å². The zero-order valence-electron chi connectivity index (χ0n) is 20.8. The summed E-state index contributed by atoms with van der Waals surface area (Å²) in [5, 5.41) is 11.1. The molecule has 6 nitrogen and oxygen atoms in total. The summed E-state index contributed by atoms with van der Waals surface area (Å²) in [4.78, 5) is 30.0. The molecule has 3 rings (SSSR count). The number of carbonyl (C=O) groups is 2. The summed E-state index contributed by atoms with van der Waals surface area (Å²) < 4.78 is 19.4. The second-order valence-electron chi connectivity index (χ2n) is 8.65. The lowest BCUT2D eigenvalue weighted by atomic mass is 9.95. The van der Waals surface area contributed by atoms with Crippen molar-refractivity contribution in [3.8, 4) is 5.75 Å². The number of likely N-dealkylation sites (tertiary alicyclic amines) is 1. The lowest BCUT2D eigenvalue weighted by Gasteiger charge is -2.28. The number of ketones is 1. The number of ether oxygens (including phenoxy) is 1. The predicted octanol–water partition coefficient (Wildman–Crippen LogP) is 5.16. The highest BCUT2D eigenvalue weighted by Gasteiger charge is 2.46. The molecule has 1 aliphatic heterocycles. The van der Waals surface area contributed by atoms with E-state index in [1.807, 2.05) is 38.1 Å². The van der Waals surface area contributed by atoms with Gasteiger partial charge in [-0.05, 0) is 61.5 Å². The number of nitrogens with zero attached hydrogens (tertiary/aromatic N) is 2. The Labute approximate surface area is 207 Å². The van der Waals surface area contributed by atoms with E-state index in [0.717, 1.165) is 32.4 Å². The Kier molecular flexibility index (Phi) is 9.43. The predicted molar refractivity (Wildman–Crippen MR) is 135 cm³/mol. The van der Waals surface area contributed by atoms with Gasteiger partial charge in [-0.15, -0.1) is 0 Å². The molecule has 0 radical (unpaired) electrons. The normalized spacial score (nSPS) is 17.4. The molecule has 188 valence electrons. The van der Waals surface area contributed by atoms with E-state index in [1.165, 1.54) is 29.2 Å². The first-order valence-corrected chi connectivity index (χ1v) is 12.4. The van der Waals surface area contributed by atoms with Gasteiger partial charge in [-0.2, -0.15) is 0 Å². The standard InChI is InChI=1S/C28H35FN2O4/c1-4-7-8-18-35-23-11-9-10-21(19-23)25-24(26(32)20-12-14-22(29)15-13-20)27(33)28(34)31(25)17-16-30(5-2)6-3/h9-15,19,25,32H,4-8,16-18H2,1-3H3. The van der Waals surface area contributed by atoms with Gasteiger partial charge in [0.25, 0.3) is 11.7 Å². The fraction of sp³-hybridized carbons (Fsp3) is 0.429. The summed E-state index contributed by atoms with van der Waals surface area (Å²) in [6.45, 7) is 9.37. The molecule has 0 aromatic heterocycles. The van der Waals surface area contributed by atoms with Crippen LogP contribution in [0.1, 0.15) is 57.2 Å². The summed E-state index contributed by atoms with van der Waals surface area (Å²) in [7, 11) is 0. The van der Waals surface area contributed by atoms with Crippen molar-refractivity contribution in [1.82, 2.24) is 9.80 Å². The third kappa shape index (κ3) is 6.28. The minimum absolute atomic E-state index is 0.00397. The van der Waals surface area contributed by atoms with Crippen LogP contribution in [0.2, 0.25) is 0 Å². The number of rotatable bonds is 12. The summed E-state index contributed by atoms with van der Waals surface area (Å²) in [6.07, 6.45) is 3.10. The van der Waals surface area contributed by atoms with Crippen LogP contribution in [0.25, 0.3) is 5.76 Å². The van der Waals surface area contributed by atoms with Crippen LogP contribution in [0.5, 0.6) is 5.75 Å². The maximum Gasteiger partial charge on any atom is 0.295 e. The number of aliphatic hydroxyl groups excluding tert-OH is 1. The van der Waals surface area contributed by atoms with E-state index in [0.29, 0.717) is 31.0 Å². The zero-order valence-corrected chi connectivity index (χ0v) is 20.8. The summed E-state index contributed by atoms with van der Waals surface area (Å²) in [5.41, 5.74) is 0.967. The SMILES string of the molecule is CCCCCOc1cccc(C2C(=C(O)c3ccc(F)cc3)C(=O)C(=O)N2CCN(CC)CC)c1. The Bertz CT molecular complexity index is 1050. The van der Waals surface area contributed by atoms with Crippen LogP contribution in [0.15, 0.2) is 54.1 Å². The lowest BCUT2D eigenvalue weighted by Crippen LogP contribution is -2.38. The number of likely N-dealkylation sites (N-methyl/N-ethyl adjacent to an activating group) is 1. The number of aliphatic hydroxyl groups is 1. The molecule has 1 saturated heterocycles. The third-order valence-electron chi connectivity index (χ3n) is 6.40. The molecule has 0 bridgehead atoms. The number of Topliss-reactive ketones (excluding diaryl/α,β-unsaturated/α-hetero) is 1. The monoisotopic (exact) mass is 482 g/mol. The van der Waals surface area contributed by atoms with Crippen molar-refractivity contribution < 1.29 is 23.8 Å². The maximum atomic E-state index is 13.5. The van der Waals surface area contributed by atoms with Crippen LogP contribution in [-0.4, -0.2) is 59.4 Å². The van der Waals surface area contributed by atoms with E-state index < -0.39 is 23.5 Å². The van der Waals surface area contributed by atoms with Crippen LogP contribution in [0.4, 0.5) is 4.39 Å². The average molecular weight is 483 g/mol. The van der Waals surface area contributed by atoms with Crippen molar-refractivity contribution in [3.05, 3.63) is 71.0 Å². The number of amides is 1. The van der Waals surface area contributed by atoms with Crippen molar-refractivity contribution in [1.29, 1.82) is 0 Å². The molecular weight excluding hydrogens is 447 g/mol. The molecule has 1 fully saturated rings. The molecule has 0 spiro atoms. The van der Waals surface area contributed by atoms with Gasteiger partial charge >= 0.3 is 0 Å². The molecule has 0 aliphatic carbocycles. The molecular formula is C28H35FN2O4. The van der Waals surface area contributed by atoms with Gasteiger partial charge in [0.05, 0.1) is 18.2 Å². The summed E-state index contributed by atoms with van der Waals surface area (Å²) >= 11 is 0. The van der Waals surface area contributed by atoms with E-state index >= 15 is 0 Å². The quantitative estimate of drug-likeness (QED) is 0.196. The molecule has 1 unspecified atom stereocenters. The number of hydrogen-bond donors (Lipinski definition) is 1. The number of hydrogen-bond acceptors (Lipinski definition) is 5. The molecule has 1 atom stereocenters. The maximum absolute atomic E-state index is 13.5. The summed E-state index contributed by atoms with van der Waals surface area (Å²) in [5.74, 6) is -1.51. The minimum atomic E-state index is -0.769. The molecule has 1 N–H and O–H groups in total. The Hall–Kier alpha value is -3.19. The molecule has 1 heterocycles. The van der Waals surface area contributed by atoms with E-state index in [2.05, 4.69) is 11.8 Å². The van der Waals surface area contributed by atoms with Gasteiger partial charge in [-0.3, -0.25) is 9.59 Å². The number of benzene rings is 2. The zero-order chi connectivity index (χ0) is 25.4. The van der Waals surface area contributed by atoms with Crippen molar-refractivity contribution in [2.24, 2.45) is 0 Å². The van der Waals surface area contributed by atoms with E-state index in [1.54, 1.807) is 0 Å². The van der Waals surface area contributed by atoms with Crippen molar-refractivity contribution in [2.75, 3.05) is 32.8 Å². The van der Waals surface area contributed by atoms with Crippen molar-refractivity contribution in [2.45, 2.75) is 46.1 Å². The number of halogens is 1. The van der Waals surface area contributed by atoms with Crippen molar-refractivity contribution >= 4 is 17.4 Å². The summed E-state index contributed by atoms with van der Waals surface area (Å²) in [6, 6.07) is 11.8. The van der Waals surface area contributed by atoms with Crippen LogP contribution >= 0.6 is 0 Å². The van der Waals surface area contributed by atoms with Gasteiger partial charge in [0.1, 0.15) is 17.3 Å². The average Bonchev–Trinajstić information content (AvgIpc) is 3.12. The number of carbonyl (C=O) groups excluding carboxylic acids is 2. The molecule has 2 aromatic rings. The second kappa shape index (κ2) is 12.5.